The lowest BCUT2D eigenvalue weighted by molar-refractivity contribution is -0.121. The predicted octanol–water partition coefficient (Wildman–Crippen LogP) is 0.221. The number of aromatic carboxylic acids is 1. The quantitative estimate of drug-likeness (QED) is 0.764. The average molecular weight is 240 g/mol. The summed E-state index contributed by atoms with van der Waals surface area (Å²) in [4.78, 5) is 21.9. The third-order valence-corrected chi connectivity index (χ3v) is 2.46. The molecule has 1 atom stereocenters. The van der Waals surface area contributed by atoms with E-state index in [9.17, 15) is 9.59 Å². The predicted molar refractivity (Wildman–Crippen MR) is 59.4 cm³/mol. The average Bonchev–Trinajstić information content (AvgIpc) is 2.61. The molecule has 0 saturated heterocycles. The Labute approximate surface area is 98.6 Å². The number of carboxylic acid groups (broad SMARTS) is 1. The molecular weight excluding hydrogens is 224 g/mol. The number of nitrogens with zero attached hydrogens (tertiary/aromatic N) is 3. The number of amides is 1. The SMILES string of the molecule is CC(Cn1nnc(C(=O)O)c1C(C)C)C(N)=O. The van der Waals surface area contributed by atoms with Crippen LogP contribution in [0.25, 0.3) is 0 Å². The van der Waals surface area contributed by atoms with E-state index >= 15 is 0 Å². The lowest BCUT2D eigenvalue weighted by Crippen LogP contribution is -2.26. The van der Waals surface area contributed by atoms with Gasteiger partial charge < -0.3 is 10.8 Å². The van der Waals surface area contributed by atoms with Gasteiger partial charge in [-0.2, -0.15) is 0 Å². The minimum atomic E-state index is -1.12. The highest BCUT2D eigenvalue weighted by Crippen LogP contribution is 2.18. The van der Waals surface area contributed by atoms with Crippen molar-refractivity contribution in [3.05, 3.63) is 11.4 Å². The van der Waals surface area contributed by atoms with Crippen LogP contribution in [0.15, 0.2) is 0 Å². The maximum absolute atomic E-state index is 11.0. The van der Waals surface area contributed by atoms with Gasteiger partial charge in [0.1, 0.15) is 0 Å². The second-order valence-electron chi connectivity index (χ2n) is 4.27. The van der Waals surface area contributed by atoms with Crippen molar-refractivity contribution < 1.29 is 14.7 Å². The molecule has 7 heteroatoms. The first-order valence-electron chi connectivity index (χ1n) is 5.30. The topological polar surface area (TPSA) is 111 Å². The number of carbonyl (C=O) groups excluding carboxylic acids is 1. The molecular formula is C10H16N4O3. The second-order valence-corrected chi connectivity index (χ2v) is 4.27. The van der Waals surface area contributed by atoms with Crippen LogP contribution in [0, 0.1) is 5.92 Å². The molecule has 1 heterocycles. The molecule has 1 rings (SSSR count). The van der Waals surface area contributed by atoms with Gasteiger partial charge in [-0.25, -0.2) is 9.48 Å². The van der Waals surface area contributed by atoms with E-state index in [0.717, 1.165) is 0 Å². The smallest absolute Gasteiger partial charge is 0.358 e. The number of nitrogens with two attached hydrogens (primary N) is 1. The Bertz CT molecular complexity index is 439. The molecule has 1 aromatic rings. The summed E-state index contributed by atoms with van der Waals surface area (Å²) in [6.45, 7) is 5.59. The van der Waals surface area contributed by atoms with E-state index in [1.165, 1.54) is 4.68 Å². The monoisotopic (exact) mass is 240 g/mol. The van der Waals surface area contributed by atoms with Crippen LogP contribution in [0.4, 0.5) is 0 Å². The zero-order chi connectivity index (χ0) is 13.2. The number of hydrogen-bond donors (Lipinski definition) is 2. The summed E-state index contributed by atoms with van der Waals surface area (Å²) in [5.74, 6) is -2.04. The molecule has 0 spiro atoms. The van der Waals surface area contributed by atoms with Crippen molar-refractivity contribution >= 4 is 11.9 Å². The molecule has 3 N–H and O–H groups in total. The lowest BCUT2D eigenvalue weighted by atomic mass is 10.1. The van der Waals surface area contributed by atoms with Crippen LogP contribution in [-0.4, -0.2) is 32.0 Å². The molecule has 0 aromatic carbocycles. The minimum absolute atomic E-state index is 0.0452. The Morgan fingerprint density at radius 3 is 2.41 bits per heavy atom. The zero-order valence-corrected chi connectivity index (χ0v) is 10.0. The molecule has 1 unspecified atom stereocenters. The van der Waals surface area contributed by atoms with Gasteiger partial charge in [-0.05, 0) is 5.92 Å². The number of carboxylic acids is 1. The van der Waals surface area contributed by atoms with Crippen LogP contribution in [0.3, 0.4) is 0 Å². The Morgan fingerprint density at radius 1 is 1.41 bits per heavy atom. The van der Waals surface area contributed by atoms with Gasteiger partial charge in [0, 0.05) is 0 Å². The van der Waals surface area contributed by atoms with E-state index in [-0.39, 0.29) is 18.2 Å². The van der Waals surface area contributed by atoms with Crippen LogP contribution in [0.1, 0.15) is 42.9 Å². The number of rotatable bonds is 5. The molecule has 7 nitrogen and oxygen atoms in total. The third kappa shape index (κ3) is 2.80. The first kappa shape index (κ1) is 13.1. The number of primary amides is 1. The highest BCUT2D eigenvalue weighted by molar-refractivity contribution is 5.86. The lowest BCUT2D eigenvalue weighted by Gasteiger charge is -2.12. The van der Waals surface area contributed by atoms with E-state index in [2.05, 4.69) is 10.3 Å². The fourth-order valence-electron chi connectivity index (χ4n) is 1.53. The van der Waals surface area contributed by atoms with Crippen molar-refractivity contribution in [1.82, 2.24) is 15.0 Å². The molecule has 1 amide bonds. The standard InChI is InChI=1S/C10H16N4O3/c1-5(2)8-7(10(16)17)12-13-14(8)4-6(3)9(11)15/h5-6H,4H2,1-3H3,(H2,11,15)(H,16,17). The maximum Gasteiger partial charge on any atom is 0.358 e. The normalized spacial score (nSPS) is 12.7. The van der Waals surface area contributed by atoms with Crippen LogP contribution in [-0.2, 0) is 11.3 Å². The first-order chi connectivity index (χ1) is 7.84. The maximum atomic E-state index is 11.0. The summed E-state index contributed by atoms with van der Waals surface area (Å²) < 4.78 is 1.43. The van der Waals surface area contributed by atoms with E-state index < -0.39 is 17.8 Å². The molecule has 0 aliphatic heterocycles. The number of aromatic nitrogens is 3. The Balaban J connectivity index is 3.08. The van der Waals surface area contributed by atoms with E-state index in [4.69, 9.17) is 10.8 Å². The molecule has 0 fully saturated rings. The fraction of sp³-hybridized carbons (Fsp3) is 0.600. The van der Waals surface area contributed by atoms with E-state index in [1.807, 2.05) is 13.8 Å². The van der Waals surface area contributed by atoms with E-state index in [1.54, 1.807) is 6.92 Å². The Morgan fingerprint density at radius 2 is 2.00 bits per heavy atom. The molecule has 0 saturated carbocycles. The summed E-state index contributed by atoms with van der Waals surface area (Å²) >= 11 is 0. The summed E-state index contributed by atoms with van der Waals surface area (Å²) in [5.41, 5.74) is 5.59. The van der Waals surface area contributed by atoms with Crippen molar-refractivity contribution in [3.8, 4) is 0 Å². The van der Waals surface area contributed by atoms with Gasteiger partial charge in [-0.15, -0.1) is 5.10 Å². The van der Waals surface area contributed by atoms with Crippen molar-refractivity contribution in [2.45, 2.75) is 33.2 Å². The molecule has 1 aromatic heterocycles. The van der Waals surface area contributed by atoms with Crippen LogP contribution >= 0.6 is 0 Å². The van der Waals surface area contributed by atoms with Gasteiger partial charge >= 0.3 is 5.97 Å². The number of hydrogen-bond acceptors (Lipinski definition) is 4. The van der Waals surface area contributed by atoms with Gasteiger partial charge in [0.25, 0.3) is 0 Å². The highest BCUT2D eigenvalue weighted by atomic mass is 16.4. The van der Waals surface area contributed by atoms with Gasteiger partial charge in [0.2, 0.25) is 5.91 Å². The van der Waals surface area contributed by atoms with E-state index in [0.29, 0.717) is 5.69 Å². The van der Waals surface area contributed by atoms with Crippen molar-refractivity contribution in [2.24, 2.45) is 11.7 Å². The largest absolute Gasteiger partial charge is 0.476 e. The summed E-state index contributed by atoms with van der Waals surface area (Å²) in [7, 11) is 0. The van der Waals surface area contributed by atoms with Gasteiger partial charge in [0.05, 0.1) is 18.2 Å². The Hall–Kier alpha value is -1.92. The third-order valence-electron chi connectivity index (χ3n) is 2.46. The Kier molecular flexibility index (Phi) is 3.82. The van der Waals surface area contributed by atoms with Gasteiger partial charge in [-0.1, -0.05) is 26.0 Å². The molecule has 94 valence electrons. The van der Waals surface area contributed by atoms with Crippen LogP contribution in [0.5, 0.6) is 0 Å². The molecule has 0 aliphatic carbocycles. The molecule has 0 bridgehead atoms. The number of carbonyl (C=O) groups is 2. The highest BCUT2D eigenvalue weighted by Gasteiger charge is 2.23. The fourth-order valence-corrected chi connectivity index (χ4v) is 1.53. The summed E-state index contributed by atoms with van der Waals surface area (Å²) in [5, 5.41) is 16.3. The van der Waals surface area contributed by atoms with Gasteiger partial charge in [0.15, 0.2) is 5.69 Å². The summed E-state index contributed by atoms with van der Waals surface area (Å²) in [6.07, 6.45) is 0. The van der Waals surface area contributed by atoms with Crippen molar-refractivity contribution in [3.63, 3.8) is 0 Å². The van der Waals surface area contributed by atoms with Gasteiger partial charge in [-0.3, -0.25) is 4.79 Å². The summed E-state index contributed by atoms with van der Waals surface area (Å²) in [6, 6.07) is 0. The second kappa shape index (κ2) is 4.94. The minimum Gasteiger partial charge on any atom is -0.476 e. The van der Waals surface area contributed by atoms with Crippen molar-refractivity contribution in [1.29, 1.82) is 0 Å². The first-order valence-corrected chi connectivity index (χ1v) is 5.30. The zero-order valence-electron chi connectivity index (χ0n) is 10.0. The molecule has 0 aliphatic rings. The molecule has 17 heavy (non-hydrogen) atoms. The van der Waals surface area contributed by atoms with Crippen LogP contribution in [0.2, 0.25) is 0 Å². The van der Waals surface area contributed by atoms with Crippen molar-refractivity contribution in [2.75, 3.05) is 0 Å². The molecule has 0 radical (unpaired) electrons. The van der Waals surface area contributed by atoms with Crippen LogP contribution < -0.4 is 5.73 Å².